The molecule has 5 aromatic rings. The Balaban J connectivity index is 0.747. The number of nitrogens with zero attached hydrogens (tertiary/aromatic N) is 3. The van der Waals surface area contributed by atoms with Gasteiger partial charge in [0.1, 0.15) is 18.2 Å². The van der Waals surface area contributed by atoms with Gasteiger partial charge in [0.2, 0.25) is 17.7 Å². The van der Waals surface area contributed by atoms with Crippen LogP contribution < -0.4 is 30.7 Å². The zero-order valence-corrected chi connectivity index (χ0v) is 41.3. The molecule has 1 aliphatic carbocycles. The highest BCUT2D eigenvalue weighted by Gasteiger charge is 2.50. The number of anilines is 1. The summed E-state index contributed by atoms with van der Waals surface area (Å²) in [5.74, 6) is -2.98. The third kappa shape index (κ3) is 9.38. The van der Waals surface area contributed by atoms with Crippen LogP contribution in [0.15, 0.2) is 72.1 Å². The lowest BCUT2D eigenvalue weighted by Gasteiger charge is -2.43. The molecule has 5 N–H and O–H groups in total. The summed E-state index contributed by atoms with van der Waals surface area (Å²) in [6.07, 6.45) is 7.44. The highest BCUT2D eigenvalue weighted by atomic mass is 35.5. The summed E-state index contributed by atoms with van der Waals surface area (Å²) in [7, 11) is 0. The number of halogens is 3. The van der Waals surface area contributed by atoms with Crippen LogP contribution in [-0.4, -0.2) is 103 Å². The second kappa shape index (κ2) is 20.5. The van der Waals surface area contributed by atoms with Crippen LogP contribution in [0.2, 0.25) is 5.02 Å². The first-order chi connectivity index (χ1) is 34.3. The van der Waals surface area contributed by atoms with Crippen molar-refractivity contribution >= 4 is 62.5 Å². The van der Waals surface area contributed by atoms with Gasteiger partial charge in [0.25, 0.3) is 0 Å². The maximum absolute atomic E-state index is 16.5. The van der Waals surface area contributed by atoms with Gasteiger partial charge in [-0.2, -0.15) is 0 Å². The van der Waals surface area contributed by atoms with Crippen molar-refractivity contribution in [2.75, 3.05) is 57.4 Å². The zero-order chi connectivity index (χ0) is 49.6. The first-order valence-corrected chi connectivity index (χ1v) is 26.1. The lowest BCUT2D eigenvalue weighted by atomic mass is 9.77. The second-order valence-corrected chi connectivity index (χ2v) is 21.0. The van der Waals surface area contributed by atoms with E-state index in [2.05, 4.69) is 38.6 Å². The predicted molar refractivity (Wildman–Crippen MR) is 269 cm³/mol. The molecule has 2 unspecified atom stereocenters. The Morgan fingerprint density at radius 1 is 0.944 bits per heavy atom. The monoisotopic (exact) mass is 1010 g/mol. The summed E-state index contributed by atoms with van der Waals surface area (Å²) in [6, 6.07) is 20.1. The van der Waals surface area contributed by atoms with Gasteiger partial charge in [0.15, 0.2) is 17.2 Å². The van der Waals surface area contributed by atoms with Crippen LogP contribution in [0.1, 0.15) is 104 Å². The molecule has 5 amide bonds. The number of rotatable bonds is 13. The van der Waals surface area contributed by atoms with E-state index in [0.29, 0.717) is 37.0 Å². The van der Waals surface area contributed by atoms with E-state index in [1.165, 1.54) is 23.8 Å². The molecule has 0 spiro atoms. The number of fused-ring (bicyclic) bond motifs is 2. The number of hydrogen-bond acceptors (Lipinski definition) is 10. The molecule has 374 valence electrons. The quantitative estimate of drug-likeness (QED) is 0.0902. The number of carbonyl (C=O) groups excluding carboxylic acids is 4. The van der Waals surface area contributed by atoms with Crippen molar-refractivity contribution in [1.29, 1.82) is 0 Å². The van der Waals surface area contributed by atoms with Gasteiger partial charge in [-0.05, 0) is 99.7 Å². The molecule has 5 aliphatic rings. The summed E-state index contributed by atoms with van der Waals surface area (Å²) < 4.78 is 45.8. The molecule has 1 saturated carbocycles. The molecule has 3 saturated heterocycles. The SMILES string of the molecule is CC1c2c(cc(F)c(Cl)c2-c2c(C(N)=O)ccc(OCCO)c2F)OC1(CNC1CCC(C(=O)N2CCC(N3CCC(c4ccc5c(N6CCC(=O)NC6=O)csc5c4)CC3)CC2)CC1)c1ccccc1. The number of urea groups is 1. The molecule has 4 fully saturated rings. The average molecular weight is 1010 g/mol. The lowest BCUT2D eigenvalue weighted by Crippen LogP contribution is -2.51. The van der Waals surface area contributed by atoms with Gasteiger partial charge in [-0.25, -0.2) is 13.6 Å². The molecular weight excluding hydrogens is 950 g/mol. The molecule has 17 heteroatoms. The van der Waals surface area contributed by atoms with Gasteiger partial charge in [-0.3, -0.25) is 24.6 Å². The van der Waals surface area contributed by atoms with Gasteiger partial charge in [0.05, 0.1) is 22.9 Å². The fourth-order valence-electron chi connectivity index (χ4n) is 11.9. The van der Waals surface area contributed by atoms with E-state index in [1.807, 2.05) is 42.6 Å². The van der Waals surface area contributed by atoms with Crippen LogP contribution in [0, 0.1) is 17.6 Å². The minimum atomic E-state index is -1.10. The van der Waals surface area contributed by atoms with Gasteiger partial charge in [-0.15, -0.1) is 11.3 Å². The normalized spacial score (nSPS) is 23.4. The van der Waals surface area contributed by atoms with Crippen molar-refractivity contribution in [3.63, 3.8) is 0 Å². The van der Waals surface area contributed by atoms with Crippen molar-refractivity contribution in [3.8, 4) is 22.6 Å². The molecule has 1 aromatic heterocycles. The molecule has 5 heterocycles. The number of amides is 5. The number of thiophene rings is 1. The number of imide groups is 1. The first kappa shape index (κ1) is 49.0. The fraction of sp³-hybridized carbons (Fsp3) is 0.444. The number of primary amides is 1. The van der Waals surface area contributed by atoms with Crippen molar-refractivity contribution in [2.24, 2.45) is 11.7 Å². The van der Waals surface area contributed by atoms with E-state index in [0.717, 1.165) is 98.9 Å². The number of nitrogens with two attached hydrogens (primary N) is 1. The number of likely N-dealkylation sites (tertiary alicyclic amines) is 2. The Hall–Kier alpha value is -5.65. The van der Waals surface area contributed by atoms with E-state index in [1.54, 1.807) is 16.2 Å². The minimum Gasteiger partial charge on any atom is -0.488 e. The molecule has 4 aliphatic heterocycles. The van der Waals surface area contributed by atoms with E-state index < -0.39 is 34.1 Å². The fourth-order valence-corrected chi connectivity index (χ4v) is 13.2. The highest BCUT2D eigenvalue weighted by molar-refractivity contribution is 7.17. The van der Waals surface area contributed by atoms with Crippen LogP contribution in [0.4, 0.5) is 19.3 Å². The highest BCUT2D eigenvalue weighted by Crippen LogP contribution is 2.56. The summed E-state index contributed by atoms with van der Waals surface area (Å²) in [5.41, 5.74) is 7.52. The van der Waals surface area contributed by atoms with E-state index in [4.69, 9.17) is 26.8 Å². The van der Waals surface area contributed by atoms with Crippen LogP contribution in [0.5, 0.6) is 11.5 Å². The van der Waals surface area contributed by atoms with E-state index in [-0.39, 0.29) is 71.2 Å². The standard InChI is InChI=1S/C54H59ClF2N6O7S/c1-31-46-43(28-40(56)49(55)48(46)47-39(51(58)66)13-14-42(50(47)57)69-26-25-64)70-54(31,35-5-3-2-4-6-35)30-59-36-10-7-33(8-11-36)52(67)62-22-17-37(18-23-62)61-20-15-32(16-21-61)34-9-12-38-41(29-71-44(38)27-34)63-24-19-45(65)60-53(63)68/h2-6,9,12-14,27-29,31-33,36-37,59,64H,7-8,10-11,15-26,30H2,1H3,(H2,58,66)(H,60,65,68). The Labute approximate surface area is 420 Å². The number of nitrogens with one attached hydrogen (secondary N) is 2. The molecule has 4 aromatic carbocycles. The van der Waals surface area contributed by atoms with Crippen LogP contribution in [0.25, 0.3) is 21.2 Å². The van der Waals surface area contributed by atoms with E-state index >= 15 is 8.78 Å². The molecule has 10 rings (SSSR count). The zero-order valence-electron chi connectivity index (χ0n) is 39.7. The average Bonchev–Trinajstić information content (AvgIpc) is 3.93. The summed E-state index contributed by atoms with van der Waals surface area (Å²) >= 11 is 8.36. The van der Waals surface area contributed by atoms with Gasteiger partial charge in [-0.1, -0.05) is 61.0 Å². The number of benzene rings is 4. The van der Waals surface area contributed by atoms with Crippen molar-refractivity contribution in [3.05, 3.63) is 111 Å². The summed E-state index contributed by atoms with van der Waals surface area (Å²) in [5, 5.41) is 18.2. The number of piperidine rings is 2. The Morgan fingerprint density at radius 3 is 2.39 bits per heavy atom. The summed E-state index contributed by atoms with van der Waals surface area (Å²) in [4.78, 5) is 57.4. The molecule has 71 heavy (non-hydrogen) atoms. The van der Waals surface area contributed by atoms with Gasteiger partial charge >= 0.3 is 6.03 Å². The molecule has 2 atom stereocenters. The Kier molecular flexibility index (Phi) is 14.1. The Morgan fingerprint density at radius 2 is 1.69 bits per heavy atom. The molecule has 13 nitrogen and oxygen atoms in total. The topological polar surface area (TPSA) is 167 Å². The Bertz CT molecular complexity index is 2850. The maximum Gasteiger partial charge on any atom is 0.328 e. The van der Waals surface area contributed by atoms with Gasteiger partial charge in [0, 0.05) is 94.7 Å². The molecular formula is C54H59ClF2N6O7S. The van der Waals surface area contributed by atoms with Crippen LogP contribution in [0.3, 0.4) is 0 Å². The smallest absolute Gasteiger partial charge is 0.328 e. The largest absolute Gasteiger partial charge is 0.488 e. The number of ether oxygens (including phenoxy) is 2. The van der Waals surface area contributed by atoms with Crippen LogP contribution >= 0.6 is 22.9 Å². The van der Waals surface area contributed by atoms with Crippen LogP contribution in [-0.2, 0) is 15.2 Å². The predicted octanol–water partition coefficient (Wildman–Crippen LogP) is 8.83. The maximum atomic E-state index is 16.5. The summed E-state index contributed by atoms with van der Waals surface area (Å²) in [6.45, 7) is 5.58. The third-order valence-electron chi connectivity index (χ3n) is 15.8. The third-order valence-corrected chi connectivity index (χ3v) is 17.1. The number of carbonyl (C=O) groups is 4. The molecule has 0 bridgehead atoms. The van der Waals surface area contributed by atoms with Crippen molar-refractivity contribution in [1.82, 2.24) is 20.4 Å². The van der Waals surface area contributed by atoms with Crippen molar-refractivity contribution < 1.29 is 42.5 Å². The molecule has 0 radical (unpaired) electrons. The first-order valence-electron chi connectivity index (χ1n) is 24.9. The minimum absolute atomic E-state index is 0.0483. The van der Waals surface area contributed by atoms with Gasteiger partial charge < -0.3 is 35.4 Å². The van der Waals surface area contributed by atoms with E-state index in [9.17, 15) is 24.3 Å². The number of hydrogen-bond donors (Lipinski definition) is 4. The van der Waals surface area contributed by atoms with Crippen molar-refractivity contribution in [2.45, 2.75) is 94.2 Å². The number of aliphatic hydroxyl groups excluding tert-OH is 1. The number of aliphatic hydroxyl groups is 1. The second-order valence-electron chi connectivity index (χ2n) is 19.7. The lowest BCUT2D eigenvalue weighted by molar-refractivity contribution is -0.138.